The predicted molar refractivity (Wildman–Crippen MR) is 91.9 cm³/mol. The van der Waals surface area contributed by atoms with Crippen molar-refractivity contribution in [1.29, 1.82) is 0 Å². The summed E-state index contributed by atoms with van der Waals surface area (Å²) in [5.74, 6) is 0.818. The highest BCUT2D eigenvalue weighted by Crippen LogP contribution is 2.32. The van der Waals surface area contributed by atoms with Gasteiger partial charge in [0.2, 0.25) is 0 Å². The molecule has 2 aromatic heterocycles. The Morgan fingerprint density at radius 1 is 1.22 bits per heavy atom. The van der Waals surface area contributed by atoms with Gasteiger partial charge in [-0.05, 0) is 18.2 Å². The summed E-state index contributed by atoms with van der Waals surface area (Å²) in [6, 6.07) is 6.68. The molecule has 0 unspecified atom stereocenters. The molecule has 1 amide bonds. The Morgan fingerprint density at radius 3 is 2.81 bits per heavy atom. The molecule has 138 valence electrons. The summed E-state index contributed by atoms with van der Waals surface area (Å²) < 4.78 is 13.7. The van der Waals surface area contributed by atoms with Crippen molar-refractivity contribution in [3.05, 3.63) is 58.7 Å². The molecule has 1 aromatic carbocycles. The molecule has 0 bridgehead atoms. The smallest absolute Gasteiger partial charge is 0.307 e. The van der Waals surface area contributed by atoms with Crippen molar-refractivity contribution in [2.75, 3.05) is 18.5 Å². The van der Waals surface area contributed by atoms with Crippen molar-refractivity contribution >= 4 is 17.3 Å². The van der Waals surface area contributed by atoms with Crippen molar-refractivity contribution in [2.45, 2.75) is 6.67 Å². The summed E-state index contributed by atoms with van der Waals surface area (Å²) in [4.78, 5) is 22.5. The molecule has 3 aromatic rings. The van der Waals surface area contributed by atoms with E-state index in [2.05, 4.69) is 15.5 Å². The fourth-order valence-electron chi connectivity index (χ4n) is 2.55. The first-order valence-electron chi connectivity index (χ1n) is 8.00. The van der Waals surface area contributed by atoms with E-state index >= 15 is 0 Å². The summed E-state index contributed by atoms with van der Waals surface area (Å²) in [5.41, 5.74) is 0.645. The van der Waals surface area contributed by atoms with E-state index in [-0.39, 0.29) is 18.1 Å². The highest BCUT2D eigenvalue weighted by molar-refractivity contribution is 6.02. The third kappa shape index (κ3) is 3.56. The molecule has 1 aliphatic heterocycles. The van der Waals surface area contributed by atoms with Crippen molar-refractivity contribution in [3.63, 3.8) is 0 Å². The van der Waals surface area contributed by atoms with Gasteiger partial charge in [0.05, 0.1) is 4.92 Å². The van der Waals surface area contributed by atoms with E-state index in [1.54, 1.807) is 30.5 Å². The first kappa shape index (κ1) is 16.6. The van der Waals surface area contributed by atoms with E-state index in [4.69, 9.17) is 9.47 Å². The molecule has 0 saturated carbocycles. The molecule has 11 nitrogen and oxygen atoms in total. The Labute approximate surface area is 152 Å². The highest BCUT2D eigenvalue weighted by atomic mass is 16.6. The number of nitro groups is 1. The van der Waals surface area contributed by atoms with Crippen LogP contribution in [0.15, 0.2) is 42.9 Å². The minimum atomic E-state index is -0.529. The SMILES string of the molecule is O=C(Nc1ccc2c(c1)OCCO2)c1ccn(Cn2cc([N+](=O)[O-])cn2)n1. The van der Waals surface area contributed by atoms with E-state index in [1.165, 1.54) is 15.6 Å². The topological polar surface area (TPSA) is 126 Å². The summed E-state index contributed by atoms with van der Waals surface area (Å²) in [6.45, 7) is 1.10. The van der Waals surface area contributed by atoms with Gasteiger partial charge in [-0.15, -0.1) is 0 Å². The molecule has 0 aliphatic carbocycles. The summed E-state index contributed by atoms with van der Waals surface area (Å²) in [6.07, 6.45) is 4.03. The maximum atomic E-state index is 12.4. The number of ether oxygens (including phenoxy) is 2. The number of carbonyl (C=O) groups is 1. The van der Waals surface area contributed by atoms with Crippen molar-refractivity contribution in [1.82, 2.24) is 19.6 Å². The van der Waals surface area contributed by atoms with Crippen LogP contribution in [0.2, 0.25) is 0 Å². The van der Waals surface area contributed by atoms with Crippen LogP contribution in [-0.2, 0) is 6.67 Å². The molecule has 1 N–H and O–H groups in total. The number of nitrogens with one attached hydrogen (secondary N) is 1. The highest BCUT2D eigenvalue weighted by Gasteiger charge is 2.15. The lowest BCUT2D eigenvalue weighted by Crippen LogP contribution is -2.17. The first-order valence-corrected chi connectivity index (χ1v) is 8.00. The Hall–Kier alpha value is -3.89. The molecule has 3 heterocycles. The fraction of sp³-hybridized carbons (Fsp3) is 0.188. The molecule has 0 spiro atoms. The third-order valence-electron chi connectivity index (χ3n) is 3.79. The quantitative estimate of drug-likeness (QED) is 0.533. The van der Waals surface area contributed by atoms with Gasteiger partial charge in [-0.3, -0.25) is 19.6 Å². The van der Waals surface area contributed by atoms with Crippen LogP contribution in [0.3, 0.4) is 0 Å². The van der Waals surface area contributed by atoms with Crippen LogP contribution in [0.25, 0.3) is 0 Å². The van der Waals surface area contributed by atoms with Crippen LogP contribution in [0, 0.1) is 10.1 Å². The van der Waals surface area contributed by atoms with Gasteiger partial charge in [0.15, 0.2) is 17.2 Å². The fourth-order valence-corrected chi connectivity index (χ4v) is 2.55. The van der Waals surface area contributed by atoms with Gasteiger partial charge in [0.25, 0.3) is 5.91 Å². The molecule has 0 radical (unpaired) electrons. The number of hydrogen-bond donors (Lipinski definition) is 1. The lowest BCUT2D eigenvalue weighted by Gasteiger charge is -2.18. The zero-order valence-electron chi connectivity index (χ0n) is 13.9. The van der Waals surface area contributed by atoms with Crippen LogP contribution >= 0.6 is 0 Å². The number of fused-ring (bicyclic) bond motifs is 1. The molecule has 27 heavy (non-hydrogen) atoms. The van der Waals surface area contributed by atoms with Gasteiger partial charge in [0.1, 0.15) is 32.3 Å². The molecule has 0 atom stereocenters. The number of benzene rings is 1. The lowest BCUT2D eigenvalue weighted by molar-refractivity contribution is -0.385. The van der Waals surface area contributed by atoms with Gasteiger partial charge >= 0.3 is 5.69 Å². The monoisotopic (exact) mass is 370 g/mol. The molecular formula is C16H14N6O5. The normalized spacial score (nSPS) is 12.6. The number of nitrogens with zero attached hydrogens (tertiary/aromatic N) is 5. The molecule has 1 aliphatic rings. The number of amides is 1. The molecule has 11 heteroatoms. The predicted octanol–water partition coefficient (Wildman–Crippen LogP) is 1.52. The number of hydrogen-bond acceptors (Lipinski definition) is 7. The van der Waals surface area contributed by atoms with Crippen LogP contribution < -0.4 is 14.8 Å². The third-order valence-corrected chi connectivity index (χ3v) is 3.79. The van der Waals surface area contributed by atoms with Crippen LogP contribution in [-0.4, -0.2) is 43.6 Å². The lowest BCUT2D eigenvalue weighted by atomic mass is 10.2. The van der Waals surface area contributed by atoms with Crippen LogP contribution in [0.4, 0.5) is 11.4 Å². The van der Waals surface area contributed by atoms with Crippen molar-refractivity contribution in [3.8, 4) is 11.5 Å². The van der Waals surface area contributed by atoms with Gasteiger partial charge in [-0.25, -0.2) is 4.68 Å². The Bertz CT molecular complexity index is 1010. The van der Waals surface area contributed by atoms with Crippen molar-refractivity contribution in [2.24, 2.45) is 0 Å². The molecule has 4 rings (SSSR count). The second kappa shape index (κ2) is 6.78. The van der Waals surface area contributed by atoms with E-state index in [0.717, 1.165) is 6.20 Å². The van der Waals surface area contributed by atoms with Gasteiger partial charge in [0, 0.05) is 18.0 Å². The second-order valence-corrected chi connectivity index (χ2v) is 5.69. The summed E-state index contributed by atoms with van der Waals surface area (Å²) in [5, 5.41) is 21.5. The average molecular weight is 370 g/mol. The van der Waals surface area contributed by atoms with Crippen LogP contribution in [0.1, 0.15) is 10.5 Å². The average Bonchev–Trinajstić information content (AvgIpc) is 3.32. The van der Waals surface area contributed by atoms with E-state index in [1.807, 2.05) is 0 Å². The number of carbonyl (C=O) groups excluding carboxylic acids is 1. The molecule has 0 fully saturated rings. The maximum Gasteiger partial charge on any atom is 0.307 e. The minimum absolute atomic E-state index is 0.112. The van der Waals surface area contributed by atoms with E-state index in [0.29, 0.717) is 30.4 Å². The van der Waals surface area contributed by atoms with Gasteiger partial charge in [-0.1, -0.05) is 0 Å². The second-order valence-electron chi connectivity index (χ2n) is 5.69. The van der Waals surface area contributed by atoms with Crippen LogP contribution in [0.5, 0.6) is 11.5 Å². The zero-order chi connectivity index (χ0) is 18.8. The first-order chi connectivity index (χ1) is 13.1. The summed E-state index contributed by atoms with van der Waals surface area (Å²) in [7, 11) is 0. The number of anilines is 1. The molecular weight excluding hydrogens is 356 g/mol. The minimum Gasteiger partial charge on any atom is -0.486 e. The zero-order valence-corrected chi connectivity index (χ0v) is 13.9. The standard InChI is InChI=1S/C16H14N6O5/c23-16(18-11-1-2-14-15(7-11)27-6-5-26-14)13-3-4-20(19-13)10-21-9-12(8-17-21)22(24)25/h1-4,7-9H,5-6,10H2,(H,18,23). The van der Waals surface area contributed by atoms with Gasteiger partial charge < -0.3 is 14.8 Å². The Balaban J connectivity index is 1.43. The number of aromatic nitrogens is 4. The summed E-state index contributed by atoms with van der Waals surface area (Å²) >= 11 is 0. The van der Waals surface area contributed by atoms with Crippen molar-refractivity contribution < 1.29 is 19.2 Å². The largest absolute Gasteiger partial charge is 0.486 e. The van der Waals surface area contributed by atoms with Gasteiger partial charge in [-0.2, -0.15) is 10.2 Å². The molecule has 0 saturated heterocycles. The number of rotatable bonds is 5. The Morgan fingerprint density at radius 2 is 2.04 bits per heavy atom. The maximum absolute atomic E-state index is 12.4. The van der Waals surface area contributed by atoms with E-state index < -0.39 is 10.8 Å². The van der Waals surface area contributed by atoms with E-state index in [9.17, 15) is 14.9 Å². The Kier molecular flexibility index (Phi) is 4.16.